The van der Waals surface area contributed by atoms with Crippen LogP contribution in [0.25, 0.3) is 0 Å². The van der Waals surface area contributed by atoms with Gasteiger partial charge in [-0.3, -0.25) is 4.79 Å². The van der Waals surface area contributed by atoms with Gasteiger partial charge in [0.2, 0.25) is 10.0 Å². The molecule has 17 heavy (non-hydrogen) atoms. The summed E-state index contributed by atoms with van der Waals surface area (Å²) in [5.41, 5.74) is -2.64. The first-order valence-electron chi connectivity index (χ1n) is 4.23. The molecule has 1 aromatic rings. The highest BCUT2D eigenvalue weighted by atomic mass is 32.2. The van der Waals surface area contributed by atoms with Gasteiger partial charge in [0.25, 0.3) is 5.56 Å². The molecule has 3 N–H and O–H groups in total. The number of nitrogens with one attached hydrogen (secondary N) is 2. The quantitative estimate of drug-likeness (QED) is 0.560. The lowest BCUT2D eigenvalue weighted by atomic mass is 10.3. The van der Waals surface area contributed by atoms with Gasteiger partial charge in [0.1, 0.15) is 5.56 Å². The van der Waals surface area contributed by atoms with E-state index in [9.17, 15) is 22.8 Å². The van der Waals surface area contributed by atoms with Crippen LogP contribution in [-0.2, 0) is 16.7 Å². The Bertz CT molecular complexity index is 655. The van der Waals surface area contributed by atoms with Gasteiger partial charge < -0.3 is 10.1 Å². The van der Waals surface area contributed by atoms with Crippen LogP contribution in [0.1, 0.15) is 10.4 Å². The Morgan fingerprint density at radius 2 is 2.12 bits per heavy atom. The number of H-pyrrole nitrogens is 1. The molecule has 10 heteroatoms. The molecule has 1 aromatic heterocycles. The molecular weight excluding hydrogens is 254 g/mol. The highest BCUT2D eigenvalue weighted by Gasteiger charge is 2.13. The fraction of sp³-hybridized carbons (Fsp3) is 0.286. The Labute approximate surface area is 94.8 Å². The van der Waals surface area contributed by atoms with E-state index in [0.717, 1.165) is 12.5 Å². The first-order valence-corrected chi connectivity index (χ1v) is 6.12. The van der Waals surface area contributed by atoms with Crippen molar-refractivity contribution in [3.63, 3.8) is 0 Å². The second-order valence-electron chi connectivity index (χ2n) is 3.12. The molecule has 0 unspecified atom stereocenters. The molecule has 0 aliphatic heterocycles. The zero-order valence-electron chi connectivity index (χ0n) is 8.63. The minimum Gasteiger partial charge on any atom is -0.477 e. The van der Waals surface area contributed by atoms with Gasteiger partial charge in [0, 0.05) is 6.20 Å². The number of carboxylic acid groups (broad SMARTS) is 1. The van der Waals surface area contributed by atoms with Crippen LogP contribution in [0.3, 0.4) is 0 Å². The highest BCUT2D eigenvalue weighted by molar-refractivity contribution is 7.88. The topological polar surface area (TPSA) is 138 Å². The summed E-state index contributed by atoms with van der Waals surface area (Å²) in [5.74, 6) is -1.51. The van der Waals surface area contributed by atoms with Crippen molar-refractivity contribution in [2.45, 2.75) is 6.67 Å². The lowest BCUT2D eigenvalue weighted by molar-refractivity contribution is 0.0693. The summed E-state index contributed by atoms with van der Waals surface area (Å²) >= 11 is 0. The van der Waals surface area contributed by atoms with E-state index in [2.05, 4.69) is 0 Å². The van der Waals surface area contributed by atoms with Crippen molar-refractivity contribution in [2.24, 2.45) is 0 Å². The third-order valence-electron chi connectivity index (χ3n) is 1.78. The maximum absolute atomic E-state index is 11.5. The molecule has 0 aliphatic carbocycles. The molecule has 0 aromatic carbocycles. The zero-order chi connectivity index (χ0) is 13.2. The molecule has 0 bridgehead atoms. The number of nitrogens with zero attached hydrogens (tertiary/aromatic N) is 1. The molecule has 0 saturated carbocycles. The second kappa shape index (κ2) is 4.51. The van der Waals surface area contributed by atoms with Crippen molar-refractivity contribution < 1.29 is 18.3 Å². The third-order valence-corrected chi connectivity index (χ3v) is 2.43. The van der Waals surface area contributed by atoms with E-state index >= 15 is 0 Å². The summed E-state index contributed by atoms with van der Waals surface area (Å²) < 4.78 is 23.9. The molecule has 0 spiro atoms. The van der Waals surface area contributed by atoms with Gasteiger partial charge in [-0.2, -0.15) is 4.72 Å². The Hall–Kier alpha value is -1.94. The summed E-state index contributed by atoms with van der Waals surface area (Å²) in [6.45, 7) is -0.631. The van der Waals surface area contributed by atoms with Crippen LogP contribution < -0.4 is 16.0 Å². The smallest absolute Gasteiger partial charge is 0.342 e. The van der Waals surface area contributed by atoms with Crippen LogP contribution in [0.4, 0.5) is 0 Å². The summed E-state index contributed by atoms with van der Waals surface area (Å²) in [4.78, 5) is 35.3. The van der Waals surface area contributed by atoms with E-state index in [0.29, 0.717) is 4.57 Å². The number of aromatic nitrogens is 2. The van der Waals surface area contributed by atoms with E-state index in [1.165, 1.54) is 0 Å². The predicted octanol–water partition coefficient (Wildman–Crippen LogP) is -2.26. The number of aromatic amines is 1. The first-order chi connectivity index (χ1) is 7.72. The Morgan fingerprint density at radius 3 is 2.59 bits per heavy atom. The van der Waals surface area contributed by atoms with Gasteiger partial charge in [0.15, 0.2) is 0 Å². The zero-order valence-corrected chi connectivity index (χ0v) is 9.44. The van der Waals surface area contributed by atoms with Gasteiger partial charge in [-0.05, 0) is 0 Å². The number of rotatable bonds is 4. The van der Waals surface area contributed by atoms with Crippen molar-refractivity contribution in [3.8, 4) is 0 Å². The lowest BCUT2D eigenvalue weighted by Gasteiger charge is -2.05. The number of hydrogen-bond acceptors (Lipinski definition) is 5. The maximum atomic E-state index is 11.5. The summed E-state index contributed by atoms with van der Waals surface area (Å²) in [6.07, 6.45) is 1.59. The molecule has 1 rings (SSSR count). The molecule has 0 radical (unpaired) electrons. The van der Waals surface area contributed by atoms with Crippen LogP contribution in [0.2, 0.25) is 0 Å². The van der Waals surface area contributed by atoms with Crippen molar-refractivity contribution in [3.05, 3.63) is 32.6 Å². The molecule has 0 amide bonds. The number of carbonyl (C=O) groups is 1. The van der Waals surface area contributed by atoms with E-state index < -0.39 is 39.5 Å². The first kappa shape index (κ1) is 13.1. The Morgan fingerprint density at radius 1 is 1.53 bits per heavy atom. The molecule has 0 fully saturated rings. The monoisotopic (exact) mass is 263 g/mol. The Kier molecular flexibility index (Phi) is 3.48. The van der Waals surface area contributed by atoms with Gasteiger partial charge in [-0.25, -0.2) is 22.6 Å². The van der Waals surface area contributed by atoms with E-state index in [4.69, 9.17) is 5.11 Å². The average molecular weight is 263 g/mol. The molecule has 0 atom stereocenters. The predicted molar refractivity (Wildman–Crippen MR) is 56.3 cm³/mol. The number of carboxylic acids is 1. The van der Waals surface area contributed by atoms with Crippen molar-refractivity contribution in [1.82, 2.24) is 14.3 Å². The molecule has 0 aliphatic rings. The largest absolute Gasteiger partial charge is 0.477 e. The lowest BCUT2D eigenvalue weighted by Crippen LogP contribution is -2.42. The van der Waals surface area contributed by atoms with Crippen LogP contribution in [-0.4, -0.2) is 35.3 Å². The van der Waals surface area contributed by atoms with Gasteiger partial charge in [-0.1, -0.05) is 0 Å². The highest BCUT2D eigenvalue weighted by Crippen LogP contribution is 1.85. The minimum absolute atomic E-state index is 0.435. The molecule has 9 nitrogen and oxygen atoms in total. The van der Waals surface area contributed by atoms with Crippen LogP contribution in [0.5, 0.6) is 0 Å². The van der Waals surface area contributed by atoms with Crippen LogP contribution in [0, 0.1) is 0 Å². The van der Waals surface area contributed by atoms with E-state index in [-0.39, 0.29) is 0 Å². The summed E-state index contributed by atoms with van der Waals surface area (Å²) in [7, 11) is -3.60. The summed E-state index contributed by atoms with van der Waals surface area (Å²) in [5, 5.41) is 8.64. The minimum atomic E-state index is -3.60. The Balaban J connectivity index is 3.25. The second-order valence-corrected chi connectivity index (χ2v) is 4.95. The number of aromatic carboxylic acids is 1. The molecule has 0 saturated heterocycles. The summed E-state index contributed by atoms with van der Waals surface area (Å²) in [6, 6.07) is 0. The molecular formula is C7H9N3O6S. The maximum Gasteiger partial charge on any atom is 0.342 e. The van der Waals surface area contributed by atoms with Crippen molar-refractivity contribution >= 4 is 16.0 Å². The number of sulfonamides is 1. The van der Waals surface area contributed by atoms with Gasteiger partial charge >= 0.3 is 11.7 Å². The third kappa shape index (κ3) is 3.26. The van der Waals surface area contributed by atoms with Crippen LogP contribution in [0.15, 0.2) is 15.8 Å². The molecule has 94 valence electrons. The van der Waals surface area contributed by atoms with Gasteiger partial charge in [-0.15, -0.1) is 0 Å². The fourth-order valence-corrected chi connectivity index (χ4v) is 1.35. The average Bonchev–Trinajstić information content (AvgIpc) is 2.14. The van der Waals surface area contributed by atoms with Crippen LogP contribution >= 0.6 is 0 Å². The fourth-order valence-electron chi connectivity index (χ4n) is 0.990. The van der Waals surface area contributed by atoms with E-state index in [1.54, 1.807) is 0 Å². The van der Waals surface area contributed by atoms with Crippen molar-refractivity contribution in [2.75, 3.05) is 6.26 Å². The normalized spacial score (nSPS) is 11.4. The van der Waals surface area contributed by atoms with Crippen molar-refractivity contribution in [1.29, 1.82) is 0 Å². The number of hydrogen-bond donors (Lipinski definition) is 3. The SMILES string of the molecule is CS(=O)(=O)NCn1c(=O)[nH]cc(C(=O)O)c1=O. The standard InChI is InChI=1S/C7H9N3O6S/c1-17(15,16)9-3-10-5(11)4(6(12)13)2-8-7(10)14/h2,9H,3H2,1H3,(H,8,14)(H,12,13). The van der Waals surface area contributed by atoms with Gasteiger partial charge in [0.05, 0.1) is 12.9 Å². The molecule has 1 heterocycles. The van der Waals surface area contributed by atoms with E-state index in [1.807, 2.05) is 9.71 Å².